The van der Waals surface area contributed by atoms with Crippen molar-refractivity contribution in [2.45, 2.75) is 102 Å². The molecule has 4 rings (SSSR count). The fourth-order valence-corrected chi connectivity index (χ4v) is 7.13. The Morgan fingerprint density at radius 1 is 0.923 bits per heavy atom. The number of carboxylic acid groups (broad SMARTS) is 1. The van der Waals surface area contributed by atoms with Gasteiger partial charge in [0, 0.05) is 45.5 Å². The van der Waals surface area contributed by atoms with Crippen LogP contribution in [0.4, 0.5) is 0 Å². The molecule has 13 nitrogen and oxygen atoms in total. The van der Waals surface area contributed by atoms with E-state index in [1.165, 1.54) is 33.3 Å². The number of benzene rings is 2. The fraction of sp³-hybridized carbons (Fsp3) is 0.590. The van der Waals surface area contributed by atoms with Crippen molar-refractivity contribution < 1.29 is 48.3 Å². The predicted molar refractivity (Wildman–Crippen MR) is 192 cm³/mol. The minimum absolute atomic E-state index is 0.0522. The number of unbranched alkanes of at least 4 members (excludes halogenated alkanes) is 1. The lowest BCUT2D eigenvalue weighted by atomic mass is 9.70. The van der Waals surface area contributed by atoms with Crippen LogP contribution in [0.25, 0.3) is 0 Å². The summed E-state index contributed by atoms with van der Waals surface area (Å²) in [4.78, 5) is 48.9. The average Bonchev–Trinajstić information content (AvgIpc) is 3.45. The molecule has 2 heterocycles. The number of aryl methyl sites for hydroxylation is 2. The molecule has 5 atom stereocenters. The van der Waals surface area contributed by atoms with Gasteiger partial charge in [0.25, 0.3) is 0 Å². The number of nitrogens with one attached hydrogen (secondary N) is 3. The number of ether oxygens (including phenoxy) is 4. The Hall–Kier alpha value is -3.88. The second-order valence-corrected chi connectivity index (χ2v) is 14.4. The molecule has 0 saturated carbocycles. The predicted octanol–water partition coefficient (Wildman–Crippen LogP) is 2.90. The number of amides is 1. The van der Waals surface area contributed by atoms with Gasteiger partial charge in [-0.2, -0.15) is 0 Å². The van der Waals surface area contributed by atoms with E-state index < -0.39 is 59.4 Å². The van der Waals surface area contributed by atoms with Gasteiger partial charge in [-0.25, -0.2) is 0 Å². The highest BCUT2D eigenvalue weighted by molar-refractivity contribution is 5.76. The maximum absolute atomic E-state index is 12.5. The van der Waals surface area contributed by atoms with Crippen molar-refractivity contribution in [1.29, 1.82) is 0 Å². The molecule has 0 spiro atoms. The van der Waals surface area contributed by atoms with Gasteiger partial charge < -0.3 is 45.1 Å². The molecule has 2 aromatic rings. The Kier molecular flexibility index (Phi) is 14.0. The van der Waals surface area contributed by atoms with Crippen LogP contribution < -0.4 is 16.0 Å². The number of carboxylic acids is 1. The van der Waals surface area contributed by atoms with Crippen LogP contribution in [0.15, 0.2) is 42.5 Å². The SMILES string of the molecule is CNCCNC(=O)CCNCCCCc1ccc(Cc2cc([C@]34OC[C@](C(C)(C)O)(O3)[C@@H](OC(C)=O)[C@H](CC(=O)O)[C@H]4OC(C)=O)ccc2C)cc1. The van der Waals surface area contributed by atoms with Gasteiger partial charge in [0.1, 0.15) is 6.10 Å². The molecule has 286 valence electrons. The van der Waals surface area contributed by atoms with E-state index >= 15 is 0 Å². The van der Waals surface area contributed by atoms with Gasteiger partial charge >= 0.3 is 17.9 Å². The van der Waals surface area contributed by atoms with Crippen molar-refractivity contribution in [3.8, 4) is 0 Å². The first-order valence-electron chi connectivity index (χ1n) is 18.0. The number of hydrogen-bond donors (Lipinski definition) is 5. The van der Waals surface area contributed by atoms with E-state index in [1.807, 2.05) is 26.1 Å². The van der Waals surface area contributed by atoms with Crippen LogP contribution in [0.5, 0.6) is 0 Å². The Morgan fingerprint density at radius 3 is 2.23 bits per heavy atom. The lowest BCUT2D eigenvalue weighted by Crippen LogP contribution is -2.70. The monoisotopic (exact) mass is 725 g/mol. The van der Waals surface area contributed by atoms with E-state index in [0.717, 1.165) is 49.0 Å². The zero-order valence-electron chi connectivity index (χ0n) is 31.2. The maximum atomic E-state index is 12.5. The summed E-state index contributed by atoms with van der Waals surface area (Å²) >= 11 is 0. The first-order valence-corrected chi connectivity index (χ1v) is 18.0. The molecule has 2 fully saturated rings. The second-order valence-electron chi connectivity index (χ2n) is 14.4. The first-order chi connectivity index (χ1) is 24.6. The van der Waals surface area contributed by atoms with Gasteiger partial charge in [0.2, 0.25) is 11.7 Å². The Bertz CT molecular complexity index is 1560. The van der Waals surface area contributed by atoms with Crippen molar-refractivity contribution >= 4 is 23.8 Å². The van der Waals surface area contributed by atoms with Crippen LogP contribution >= 0.6 is 0 Å². The third-order valence-corrected chi connectivity index (χ3v) is 9.94. The molecular formula is C39H55N3O10. The van der Waals surface area contributed by atoms with Crippen molar-refractivity contribution in [1.82, 2.24) is 16.0 Å². The highest BCUT2D eigenvalue weighted by Gasteiger charge is 2.74. The molecule has 2 saturated heterocycles. The van der Waals surface area contributed by atoms with E-state index in [4.69, 9.17) is 18.9 Å². The third kappa shape index (κ3) is 9.75. The summed E-state index contributed by atoms with van der Waals surface area (Å²) < 4.78 is 24.6. The molecule has 2 aromatic carbocycles. The highest BCUT2D eigenvalue weighted by Crippen LogP contribution is 2.57. The van der Waals surface area contributed by atoms with Crippen molar-refractivity contribution in [3.63, 3.8) is 0 Å². The molecule has 0 unspecified atom stereocenters. The van der Waals surface area contributed by atoms with Crippen molar-refractivity contribution in [3.05, 3.63) is 70.3 Å². The molecule has 0 radical (unpaired) electrons. The topological polar surface area (TPSA) is 182 Å². The smallest absolute Gasteiger partial charge is 0.303 e. The van der Waals surface area contributed by atoms with Gasteiger partial charge in [-0.15, -0.1) is 0 Å². The van der Waals surface area contributed by atoms with Crippen LogP contribution in [0.1, 0.15) is 81.2 Å². The summed E-state index contributed by atoms with van der Waals surface area (Å²) in [7, 11) is 1.85. The number of rotatable bonds is 19. The first kappa shape index (κ1) is 40.9. The van der Waals surface area contributed by atoms with Gasteiger partial charge in [-0.1, -0.05) is 36.4 Å². The highest BCUT2D eigenvalue weighted by atomic mass is 16.8. The van der Waals surface area contributed by atoms with Crippen LogP contribution in [0, 0.1) is 12.8 Å². The number of likely N-dealkylation sites (N-methyl/N-ethyl adjacent to an activating group) is 1. The summed E-state index contributed by atoms with van der Waals surface area (Å²) in [6.45, 7) is 10.00. The van der Waals surface area contributed by atoms with Crippen LogP contribution in [-0.4, -0.2) is 97.3 Å². The van der Waals surface area contributed by atoms with E-state index in [0.29, 0.717) is 31.5 Å². The van der Waals surface area contributed by atoms with Gasteiger partial charge in [-0.3, -0.25) is 19.2 Å². The van der Waals surface area contributed by atoms with E-state index in [-0.39, 0.29) is 12.5 Å². The standard InChI is InChI=1S/C39H55N3O10/c1-25-10-15-31(22-30(25)21-29-13-11-28(12-14-29)9-7-8-17-41-18-16-33(45)42-20-19-40-6)39-36(51-27(3)44)32(23-34(46)47)35(50-26(2)43)38(52-39,24-49-39)37(4,5)48/h10-15,22,32,35-36,40-41,48H,7-9,16-21,23-24H2,1-6H3,(H,42,45)(H,46,47)/t32-,35-,36+,38-,39-/m0/s1. The van der Waals surface area contributed by atoms with Crippen molar-refractivity contribution in [2.24, 2.45) is 5.92 Å². The number of carbonyl (C=O) groups is 4. The largest absolute Gasteiger partial charge is 0.481 e. The van der Waals surface area contributed by atoms with Crippen LogP contribution in [0.2, 0.25) is 0 Å². The number of esters is 2. The summed E-state index contributed by atoms with van der Waals surface area (Å²) in [6, 6.07) is 14.1. The number of carbonyl (C=O) groups excluding carboxylic acids is 3. The zero-order valence-corrected chi connectivity index (χ0v) is 31.2. The van der Waals surface area contributed by atoms with Crippen LogP contribution in [0.3, 0.4) is 0 Å². The molecule has 2 aliphatic heterocycles. The quantitative estimate of drug-likeness (QED) is 0.106. The van der Waals surface area contributed by atoms with E-state index in [9.17, 15) is 29.4 Å². The van der Waals surface area contributed by atoms with Gasteiger partial charge in [0.15, 0.2) is 11.7 Å². The second kappa shape index (κ2) is 17.8. The lowest BCUT2D eigenvalue weighted by molar-refractivity contribution is -0.341. The fourth-order valence-electron chi connectivity index (χ4n) is 7.13. The molecule has 13 heteroatoms. The van der Waals surface area contributed by atoms with Gasteiger partial charge in [-0.05, 0) is 88.4 Å². The Morgan fingerprint density at radius 2 is 1.60 bits per heavy atom. The minimum atomic E-state index is -1.79. The molecule has 0 aliphatic carbocycles. The minimum Gasteiger partial charge on any atom is -0.481 e. The Balaban J connectivity index is 1.49. The molecule has 1 amide bonds. The Labute approximate surface area is 306 Å². The summed E-state index contributed by atoms with van der Waals surface area (Å²) in [6.07, 6.45) is 0.828. The third-order valence-electron chi connectivity index (χ3n) is 9.94. The molecular weight excluding hydrogens is 670 g/mol. The van der Waals surface area contributed by atoms with E-state index in [2.05, 4.69) is 40.2 Å². The molecule has 2 bridgehead atoms. The number of fused-ring (bicyclic) bond motifs is 2. The average molecular weight is 726 g/mol. The maximum Gasteiger partial charge on any atom is 0.303 e. The zero-order chi connectivity index (χ0) is 38.1. The molecule has 2 aliphatic rings. The van der Waals surface area contributed by atoms with Gasteiger partial charge in [0.05, 0.1) is 24.5 Å². The number of aliphatic hydroxyl groups is 1. The molecule has 5 N–H and O–H groups in total. The normalized spacial score (nSPS) is 23.9. The van der Waals surface area contributed by atoms with Crippen molar-refractivity contribution in [2.75, 3.05) is 39.8 Å². The summed E-state index contributed by atoms with van der Waals surface area (Å²) in [5.74, 6) is -5.45. The number of aliphatic carboxylic acids is 1. The summed E-state index contributed by atoms with van der Waals surface area (Å²) in [5, 5.41) is 30.7. The molecule has 0 aromatic heterocycles. The number of hydrogen-bond acceptors (Lipinski definition) is 11. The summed E-state index contributed by atoms with van der Waals surface area (Å²) in [5.41, 5.74) is 1.41. The lowest BCUT2D eigenvalue weighted by Gasteiger charge is -2.53. The van der Waals surface area contributed by atoms with Crippen LogP contribution in [-0.2, 0) is 56.8 Å². The van der Waals surface area contributed by atoms with E-state index in [1.54, 1.807) is 6.07 Å². The molecule has 52 heavy (non-hydrogen) atoms.